The van der Waals surface area contributed by atoms with Gasteiger partial charge in [0, 0.05) is 13.1 Å². The molecule has 5 heteroatoms. The van der Waals surface area contributed by atoms with Crippen LogP contribution < -0.4 is 5.32 Å². The van der Waals surface area contributed by atoms with Gasteiger partial charge < -0.3 is 15.2 Å². The summed E-state index contributed by atoms with van der Waals surface area (Å²) in [6, 6.07) is 3.44. The highest BCUT2D eigenvalue weighted by atomic mass is 19.2. The van der Waals surface area contributed by atoms with Crippen molar-refractivity contribution in [3.8, 4) is 0 Å². The largest absolute Gasteiger partial charge is 0.387 e. The maximum atomic E-state index is 13.0. The summed E-state index contributed by atoms with van der Waals surface area (Å²) < 4.78 is 31.5. The van der Waals surface area contributed by atoms with Gasteiger partial charge in [-0.1, -0.05) is 18.9 Å². The first-order chi connectivity index (χ1) is 9.66. The van der Waals surface area contributed by atoms with Crippen LogP contribution in [0, 0.1) is 11.6 Å². The molecule has 1 unspecified atom stereocenters. The van der Waals surface area contributed by atoms with E-state index in [-0.39, 0.29) is 0 Å². The second kappa shape index (κ2) is 7.67. The number of ether oxygens (including phenoxy) is 1. The van der Waals surface area contributed by atoms with E-state index in [1.54, 1.807) is 0 Å². The summed E-state index contributed by atoms with van der Waals surface area (Å²) in [4.78, 5) is 0. The molecule has 0 aromatic heterocycles. The minimum Gasteiger partial charge on any atom is -0.387 e. The van der Waals surface area contributed by atoms with E-state index in [1.807, 2.05) is 0 Å². The molecule has 2 rings (SSSR count). The van der Waals surface area contributed by atoms with E-state index in [2.05, 4.69) is 5.32 Å². The van der Waals surface area contributed by atoms with Crippen LogP contribution in [0.3, 0.4) is 0 Å². The van der Waals surface area contributed by atoms with Gasteiger partial charge >= 0.3 is 0 Å². The zero-order chi connectivity index (χ0) is 14.4. The number of nitrogens with one attached hydrogen (secondary N) is 1. The van der Waals surface area contributed by atoms with Crippen LogP contribution in [0.1, 0.15) is 37.4 Å². The van der Waals surface area contributed by atoms with Gasteiger partial charge in [0.15, 0.2) is 11.6 Å². The molecule has 1 aromatic rings. The predicted octanol–water partition coefficient (Wildman–Crippen LogP) is 2.55. The van der Waals surface area contributed by atoms with Gasteiger partial charge in [-0.3, -0.25) is 0 Å². The Bertz CT molecular complexity index is 422. The zero-order valence-corrected chi connectivity index (χ0v) is 11.4. The molecule has 3 nitrogen and oxygen atoms in total. The summed E-state index contributed by atoms with van der Waals surface area (Å²) in [6.07, 6.45) is 4.29. The lowest BCUT2D eigenvalue weighted by atomic mass is 10.1. The van der Waals surface area contributed by atoms with Crippen molar-refractivity contribution in [3.63, 3.8) is 0 Å². The Morgan fingerprint density at radius 1 is 1.25 bits per heavy atom. The maximum Gasteiger partial charge on any atom is 0.159 e. The molecule has 1 saturated carbocycles. The number of benzene rings is 1. The number of rotatable bonds is 7. The van der Waals surface area contributed by atoms with Crippen LogP contribution in [0.5, 0.6) is 0 Å². The Kier molecular flexibility index (Phi) is 5.88. The molecule has 0 radical (unpaired) electrons. The van der Waals surface area contributed by atoms with E-state index in [1.165, 1.54) is 18.9 Å². The lowest BCUT2D eigenvalue weighted by molar-refractivity contribution is 0.0584. The highest BCUT2D eigenvalue weighted by Crippen LogP contribution is 2.20. The minimum absolute atomic E-state index is 0.291. The first-order valence-electron chi connectivity index (χ1n) is 7.12. The summed E-state index contributed by atoms with van der Waals surface area (Å²) in [5.41, 5.74) is 0.369. The summed E-state index contributed by atoms with van der Waals surface area (Å²) in [5.74, 6) is -1.84. The van der Waals surface area contributed by atoms with E-state index < -0.39 is 17.7 Å². The lowest BCUT2D eigenvalue weighted by Crippen LogP contribution is -2.26. The van der Waals surface area contributed by atoms with Crippen LogP contribution in [0.2, 0.25) is 0 Å². The molecule has 0 heterocycles. The SMILES string of the molecule is OC(CNCCOC1CCCC1)c1ccc(F)c(F)c1. The van der Waals surface area contributed by atoms with Crippen LogP contribution in [-0.2, 0) is 4.74 Å². The first kappa shape index (κ1) is 15.4. The third-order valence-corrected chi connectivity index (χ3v) is 3.60. The van der Waals surface area contributed by atoms with Gasteiger partial charge in [0.05, 0.1) is 18.8 Å². The number of hydrogen-bond acceptors (Lipinski definition) is 3. The van der Waals surface area contributed by atoms with Gasteiger partial charge in [0.25, 0.3) is 0 Å². The van der Waals surface area contributed by atoms with Crippen molar-refractivity contribution in [2.75, 3.05) is 19.7 Å². The summed E-state index contributed by atoms with van der Waals surface area (Å²) in [5, 5.41) is 12.9. The highest BCUT2D eigenvalue weighted by molar-refractivity contribution is 5.20. The van der Waals surface area contributed by atoms with E-state index in [0.29, 0.717) is 31.4 Å². The normalized spacial score (nSPS) is 17.6. The van der Waals surface area contributed by atoms with E-state index in [9.17, 15) is 13.9 Å². The van der Waals surface area contributed by atoms with Crippen LogP contribution in [-0.4, -0.2) is 30.9 Å². The quantitative estimate of drug-likeness (QED) is 0.757. The third-order valence-electron chi connectivity index (χ3n) is 3.60. The molecule has 0 aliphatic heterocycles. The van der Waals surface area contributed by atoms with Crippen LogP contribution in [0.25, 0.3) is 0 Å². The molecular weight excluding hydrogens is 264 g/mol. The molecule has 0 spiro atoms. The highest BCUT2D eigenvalue weighted by Gasteiger charge is 2.15. The Balaban J connectivity index is 1.64. The van der Waals surface area contributed by atoms with E-state index in [4.69, 9.17) is 4.74 Å². The molecule has 20 heavy (non-hydrogen) atoms. The van der Waals surface area contributed by atoms with E-state index in [0.717, 1.165) is 25.0 Å². The molecule has 0 saturated heterocycles. The summed E-state index contributed by atoms with van der Waals surface area (Å²) in [6.45, 7) is 1.53. The smallest absolute Gasteiger partial charge is 0.159 e. The standard InChI is InChI=1S/C15H21F2NO2/c16-13-6-5-11(9-14(13)17)15(19)10-18-7-8-20-12-3-1-2-4-12/h5-6,9,12,15,18-19H,1-4,7-8,10H2. The molecule has 0 amide bonds. The zero-order valence-electron chi connectivity index (χ0n) is 11.4. The van der Waals surface area contributed by atoms with Gasteiger partial charge in [0.1, 0.15) is 0 Å². The Labute approximate surface area is 117 Å². The van der Waals surface area contributed by atoms with Gasteiger partial charge in [0.2, 0.25) is 0 Å². The minimum atomic E-state index is -0.939. The molecule has 1 aliphatic rings. The topological polar surface area (TPSA) is 41.5 Å². The molecule has 0 bridgehead atoms. The Hall–Kier alpha value is -1.04. The van der Waals surface area contributed by atoms with Crippen molar-refractivity contribution in [2.45, 2.75) is 37.9 Å². The number of aliphatic hydroxyl groups is 1. The number of aliphatic hydroxyl groups excluding tert-OH is 1. The third kappa shape index (κ3) is 4.51. The second-order valence-electron chi connectivity index (χ2n) is 5.17. The van der Waals surface area contributed by atoms with Crippen LogP contribution >= 0.6 is 0 Å². The lowest BCUT2D eigenvalue weighted by Gasteiger charge is -2.14. The van der Waals surface area contributed by atoms with Crippen molar-refractivity contribution in [3.05, 3.63) is 35.4 Å². The van der Waals surface area contributed by atoms with Crippen LogP contribution in [0.4, 0.5) is 8.78 Å². The van der Waals surface area contributed by atoms with Gasteiger partial charge in [-0.2, -0.15) is 0 Å². The fourth-order valence-electron chi connectivity index (χ4n) is 2.43. The molecule has 1 atom stereocenters. The summed E-state index contributed by atoms with van der Waals surface area (Å²) >= 11 is 0. The fourth-order valence-corrected chi connectivity index (χ4v) is 2.43. The number of hydrogen-bond donors (Lipinski definition) is 2. The van der Waals surface area contributed by atoms with Crippen molar-refractivity contribution >= 4 is 0 Å². The second-order valence-corrected chi connectivity index (χ2v) is 5.17. The first-order valence-corrected chi connectivity index (χ1v) is 7.12. The molecule has 2 N–H and O–H groups in total. The molecule has 1 fully saturated rings. The average molecular weight is 285 g/mol. The average Bonchev–Trinajstić information content (AvgIpc) is 2.94. The van der Waals surface area contributed by atoms with Crippen LogP contribution in [0.15, 0.2) is 18.2 Å². The molecular formula is C15H21F2NO2. The maximum absolute atomic E-state index is 13.0. The Morgan fingerprint density at radius 2 is 2.00 bits per heavy atom. The molecule has 112 valence electrons. The van der Waals surface area contributed by atoms with Crippen molar-refractivity contribution in [1.82, 2.24) is 5.32 Å². The number of halogens is 2. The van der Waals surface area contributed by atoms with Crippen molar-refractivity contribution < 1.29 is 18.6 Å². The Morgan fingerprint density at radius 3 is 2.70 bits per heavy atom. The van der Waals surface area contributed by atoms with Crippen molar-refractivity contribution in [1.29, 1.82) is 0 Å². The molecule has 1 aliphatic carbocycles. The predicted molar refractivity (Wildman–Crippen MR) is 72.4 cm³/mol. The van der Waals surface area contributed by atoms with E-state index >= 15 is 0 Å². The van der Waals surface area contributed by atoms with Gasteiger partial charge in [-0.05, 0) is 30.5 Å². The fraction of sp³-hybridized carbons (Fsp3) is 0.600. The van der Waals surface area contributed by atoms with Gasteiger partial charge in [-0.15, -0.1) is 0 Å². The van der Waals surface area contributed by atoms with Crippen molar-refractivity contribution in [2.24, 2.45) is 0 Å². The van der Waals surface area contributed by atoms with Gasteiger partial charge in [-0.25, -0.2) is 8.78 Å². The monoisotopic (exact) mass is 285 g/mol. The molecule has 1 aromatic carbocycles. The summed E-state index contributed by atoms with van der Waals surface area (Å²) in [7, 11) is 0.